The highest BCUT2D eigenvalue weighted by Gasteiger charge is 2.10. The predicted molar refractivity (Wildman–Crippen MR) is 50.6 cm³/mol. The van der Waals surface area contributed by atoms with Crippen molar-refractivity contribution in [1.82, 2.24) is 0 Å². The molecule has 0 aromatic heterocycles. The fourth-order valence-corrected chi connectivity index (χ4v) is 1.48. The highest BCUT2D eigenvalue weighted by Crippen LogP contribution is 2.29. The number of phenols is 1. The van der Waals surface area contributed by atoms with Gasteiger partial charge in [0, 0.05) is 5.56 Å². The number of benzene rings is 2. The molecule has 1 N–H and O–H groups in total. The fraction of sp³-hybridized carbons (Fsp3) is 0.0909. The summed E-state index contributed by atoms with van der Waals surface area (Å²) in [6.07, 6.45) is -2.51. The van der Waals surface area contributed by atoms with Gasteiger partial charge in [-0.3, -0.25) is 0 Å². The molecule has 72 valence electrons. The van der Waals surface area contributed by atoms with Crippen molar-refractivity contribution in [2.45, 2.75) is 6.43 Å². The zero-order valence-corrected chi connectivity index (χ0v) is 7.24. The van der Waals surface area contributed by atoms with Gasteiger partial charge >= 0.3 is 0 Å². The Bertz CT molecular complexity index is 466. The Kier molecular flexibility index (Phi) is 2.08. The van der Waals surface area contributed by atoms with Gasteiger partial charge in [-0.05, 0) is 22.9 Å². The average Bonchev–Trinajstić information content (AvgIpc) is 2.16. The minimum absolute atomic E-state index is 0.00519. The fourth-order valence-electron chi connectivity index (χ4n) is 1.48. The van der Waals surface area contributed by atoms with Crippen LogP contribution in [0.5, 0.6) is 5.75 Å². The van der Waals surface area contributed by atoms with Crippen LogP contribution < -0.4 is 0 Å². The van der Waals surface area contributed by atoms with Crippen LogP contribution in [0, 0.1) is 0 Å². The first-order valence-corrected chi connectivity index (χ1v) is 4.18. The Morgan fingerprint density at radius 3 is 2.57 bits per heavy atom. The summed E-state index contributed by atoms with van der Waals surface area (Å²) < 4.78 is 25.1. The third-order valence-corrected chi connectivity index (χ3v) is 2.13. The maximum Gasteiger partial charge on any atom is 0.264 e. The first-order chi connectivity index (χ1) is 6.68. The highest BCUT2D eigenvalue weighted by molar-refractivity contribution is 5.87. The van der Waals surface area contributed by atoms with Crippen LogP contribution in [0.4, 0.5) is 8.78 Å². The minimum atomic E-state index is -2.51. The van der Waals surface area contributed by atoms with Crippen LogP contribution in [0.15, 0.2) is 36.4 Å². The monoisotopic (exact) mass is 194 g/mol. The zero-order chi connectivity index (χ0) is 10.1. The summed E-state index contributed by atoms with van der Waals surface area (Å²) in [5, 5.41) is 10.3. The quantitative estimate of drug-likeness (QED) is 0.736. The molecule has 0 spiro atoms. The van der Waals surface area contributed by atoms with E-state index >= 15 is 0 Å². The highest BCUT2D eigenvalue weighted by atomic mass is 19.3. The van der Waals surface area contributed by atoms with Crippen molar-refractivity contribution in [3.63, 3.8) is 0 Å². The maximum atomic E-state index is 12.5. The van der Waals surface area contributed by atoms with Crippen molar-refractivity contribution >= 4 is 10.8 Å². The molecule has 0 amide bonds. The number of hydrogen-bond acceptors (Lipinski definition) is 1. The van der Waals surface area contributed by atoms with Gasteiger partial charge in [0.05, 0.1) is 0 Å². The molecule has 0 aliphatic rings. The molecule has 2 aromatic carbocycles. The molecule has 0 heterocycles. The summed E-state index contributed by atoms with van der Waals surface area (Å²) in [6.45, 7) is 0. The van der Waals surface area contributed by atoms with Crippen LogP contribution >= 0.6 is 0 Å². The number of halogens is 2. The molecule has 0 saturated carbocycles. The van der Waals surface area contributed by atoms with Gasteiger partial charge < -0.3 is 5.11 Å². The molecule has 14 heavy (non-hydrogen) atoms. The lowest BCUT2D eigenvalue weighted by Gasteiger charge is -2.05. The lowest BCUT2D eigenvalue weighted by atomic mass is 10.0. The van der Waals surface area contributed by atoms with E-state index in [4.69, 9.17) is 0 Å². The normalized spacial score (nSPS) is 11.1. The van der Waals surface area contributed by atoms with E-state index < -0.39 is 6.43 Å². The van der Waals surface area contributed by atoms with Gasteiger partial charge in [-0.1, -0.05) is 24.3 Å². The van der Waals surface area contributed by atoms with Crippen molar-refractivity contribution in [1.29, 1.82) is 0 Å². The van der Waals surface area contributed by atoms with Crippen molar-refractivity contribution in [3.8, 4) is 5.75 Å². The molecule has 3 heteroatoms. The molecule has 0 fully saturated rings. The van der Waals surface area contributed by atoms with E-state index in [9.17, 15) is 13.9 Å². The number of alkyl halides is 2. The Labute approximate surface area is 79.6 Å². The molecular formula is C11H8F2O. The molecule has 0 atom stereocenters. The van der Waals surface area contributed by atoms with Crippen LogP contribution in [-0.4, -0.2) is 5.11 Å². The largest absolute Gasteiger partial charge is 0.508 e. The van der Waals surface area contributed by atoms with Gasteiger partial charge in [-0.25, -0.2) is 8.78 Å². The molecule has 0 aliphatic heterocycles. The standard InChI is InChI=1S/C11H8F2O/c12-11(13)9-3-1-2-7-4-5-8(14)6-10(7)9/h1-6,11,14H. The molecule has 0 aliphatic carbocycles. The second kappa shape index (κ2) is 3.25. The summed E-state index contributed by atoms with van der Waals surface area (Å²) in [4.78, 5) is 0. The predicted octanol–water partition coefficient (Wildman–Crippen LogP) is 3.48. The third-order valence-electron chi connectivity index (χ3n) is 2.13. The van der Waals surface area contributed by atoms with Crippen LogP contribution in [-0.2, 0) is 0 Å². The van der Waals surface area contributed by atoms with E-state index in [1.54, 1.807) is 18.2 Å². The molecule has 2 rings (SSSR count). The Morgan fingerprint density at radius 2 is 1.86 bits per heavy atom. The molecule has 0 bridgehead atoms. The maximum absolute atomic E-state index is 12.5. The Hall–Kier alpha value is -1.64. The van der Waals surface area contributed by atoms with E-state index in [0.717, 1.165) is 0 Å². The molecule has 0 saturated heterocycles. The molecule has 2 aromatic rings. The van der Waals surface area contributed by atoms with Crippen LogP contribution in [0.3, 0.4) is 0 Å². The Morgan fingerprint density at radius 1 is 1.07 bits per heavy atom. The Balaban J connectivity index is 2.77. The van der Waals surface area contributed by atoms with E-state index in [0.29, 0.717) is 10.8 Å². The summed E-state index contributed by atoms with van der Waals surface area (Å²) in [5.74, 6) is 0.00519. The van der Waals surface area contributed by atoms with Crippen molar-refractivity contribution in [3.05, 3.63) is 42.0 Å². The molecule has 1 nitrogen and oxygen atoms in total. The number of rotatable bonds is 1. The second-order valence-corrected chi connectivity index (χ2v) is 3.05. The summed E-state index contributed by atoms with van der Waals surface area (Å²) >= 11 is 0. The number of fused-ring (bicyclic) bond motifs is 1. The van der Waals surface area contributed by atoms with Crippen LogP contribution in [0.1, 0.15) is 12.0 Å². The smallest absolute Gasteiger partial charge is 0.264 e. The first-order valence-electron chi connectivity index (χ1n) is 4.18. The van der Waals surface area contributed by atoms with Crippen molar-refractivity contribution in [2.75, 3.05) is 0 Å². The van der Waals surface area contributed by atoms with E-state index in [1.807, 2.05) is 0 Å². The summed E-state index contributed by atoms with van der Waals surface area (Å²) in [5.41, 5.74) is -0.0431. The molecule has 0 unspecified atom stereocenters. The van der Waals surface area contributed by atoms with Gasteiger partial charge in [-0.15, -0.1) is 0 Å². The number of hydrogen-bond donors (Lipinski definition) is 1. The zero-order valence-electron chi connectivity index (χ0n) is 7.24. The topological polar surface area (TPSA) is 20.2 Å². The van der Waals surface area contributed by atoms with Gasteiger partial charge in [0.25, 0.3) is 6.43 Å². The lowest BCUT2D eigenvalue weighted by molar-refractivity contribution is 0.153. The van der Waals surface area contributed by atoms with Crippen molar-refractivity contribution < 1.29 is 13.9 Å². The van der Waals surface area contributed by atoms with Crippen LogP contribution in [0.25, 0.3) is 10.8 Å². The minimum Gasteiger partial charge on any atom is -0.508 e. The van der Waals surface area contributed by atoms with Gasteiger partial charge in [0.1, 0.15) is 5.75 Å². The second-order valence-electron chi connectivity index (χ2n) is 3.05. The van der Waals surface area contributed by atoms with Crippen molar-refractivity contribution in [2.24, 2.45) is 0 Å². The molecular weight excluding hydrogens is 186 g/mol. The van der Waals surface area contributed by atoms with Gasteiger partial charge in [-0.2, -0.15) is 0 Å². The van der Waals surface area contributed by atoms with E-state index in [-0.39, 0.29) is 11.3 Å². The first kappa shape index (κ1) is 8.94. The lowest BCUT2D eigenvalue weighted by Crippen LogP contribution is -1.85. The SMILES string of the molecule is Oc1ccc2cccc(C(F)F)c2c1. The number of aromatic hydroxyl groups is 1. The summed E-state index contributed by atoms with van der Waals surface area (Å²) in [7, 11) is 0. The van der Waals surface area contributed by atoms with Crippen LogP contribution in [0.2, 0.25) is 0 Å². The third kappa shape index (κ3) is 1.41. The van der Waals surface area contributed by atoms with Gasteiger partial charge in [0.15, 0.2) is 0 Å². The molecule has 0 radical (unpaired) electrons. The average molecular weight is 194 g/mol. The van der Waals surface area contributed by atoms with E-state index in [2.05, 4.69) is 0 Å². The van der Waals surface area contributed by atoms with E-state index in [1.165, 1.54) is 18.2 Å². The summed E-state index contributed by atoms with van der Waals surface area (Å²) in [6, 6.07) is 9.15. The van der Waals surface area contributed by atoms with Gasteiger partial charge in [0.2, 0.25) is 0 Å². The number of phenolic OH excluding ortho intramolecular Hbond substituents is 1.